The van der Waals surface area contributed by atoms with Crippen LogP contribution in [0.2, 0.25) is 5.02 Å². The number of halogens is 1. The number of nitrogens with zero attached hydrogens (tertiary/aromatic N) is 1. The zero-order chi connectivity index (χ0) is 16.2. The molecule has 2 aromatic carbocycles. The number of benzene rings is 2. The molecule has 0 aliphatic rings. The summed E-state index contributed by atoms with van der Waals surface area (Å²) < 4.78 is 26.9. The minimum atomic E-state index is -3.56. The molecule has 0 N–H and O–H groups in total. The molecule has 0 heterocycles. The Morgan fingerprint density at radius 3 is 2.23 bits per heavy atom. The van der Waals surface area contributed by atoms with Gasteiger partial charge in [-0.2, -0.15) is 4.31 Å². The van der Waals surface area contributed by atoms with Crippen molar-refractivity contribution in [2.45, 2.75) is 18.4 Å². The molecule has 0 aliphatic carbocycles. The Bertz CT molecular complexity index is 737. The summed E-state index contributed by atoms with van der Waals surface area (Å²) in [7, 11) is -3.56. The third kappa shape index (κ3) is 3.97. The Hall–Kier alpha value is -1.62. The Kier molecular flexibility index (Phi) is 5.40. The summed E-state index contributed by atoms with van der Waals surface area (Å²) in [6, 6.07) is 14.0. The van der Waals surface area contributed by atoms with Crippen LogP contribution in [-0.2, 0) is 16.6 Å². The lowest BCUT2D eigenvalue weighted by Gasteiger charge is -2.21. The van der Waals surface area contributed by atoms with E-state index in [-0.39, 0.29) is 18.0 Å². The van der Waals surface area contributed by atoms with Gasteiger partial charge in [-0.1, -0.05) is 47.5 Å². The highest BCUT2D eigenvalue weighted by molar-refractivity contribution is 7.89. The van der Waals surface area contributed by atoms with E-state index in [1.807, 2.05) is 19.1 Å². The molecule has 0 bridgehead atoms. The Morgan fingerprint density at radius 1 is 1.09 bits per heavy atom. The molecule has 0 radical (unpaired) electrons. The van der Waals surface area contributed by atoms with Crippen molar-refractivity contribution >= 4 is 21.6 Å². The lowest BCUT2D eigenvalue weighted by molar-refractivity contribution is 0.438. The summed E-state index contributed by atoms with van der Waals surface area (Å²) in [5.41, 5.74) is 1.90. The van der Waals surface area contributed by atoms with Gasteiger partial charge in [0.15, 0.2) is 0 Å². The molecule has 22 heavy (non-hydrogen) atoms. The van der Waals surface area contributed by atoms with Gasteiger partial charge in [-0.25, -0.2) is 8.42 Å². The first-order valence-electron chi connectivity index (χ1n) is 6.85. The van der Waals surface area contributed by atoms with E-state index in [0.29, 0.717) is 5.02 Å². The van der Waals surface area contributed by atoms with E-state index >= 15 is 0 Å². The first kappa shape index (κ1) is 16.7. The Morgan fingerprint density at radius 2 is 1.68 bits per heavy atom. The summed E-state index contributed by atoms with van der Waals surface area (Å²) in [6.45, 7) is 6.10. The van der Waals surface area contributed by atoms with Gasteiger partial charge >= 0.3 is 0 Å². The van der Waals surface area contributed by atoms with E-state index in [9.17, 15) is 8.42 Å². The number of aryl methyl sites for hydroxylation is 1. The molecule has 0 saturated carbocycles. The van der Waals surface area contributed by atoms with Crippen molar-refractivity contribution in [3.63, 3.8) is 0 Å². The summed E-state index contributed by atoms with van der Waals surface area (Å²) in [5, 5.41) is 0.625. The highest BCUT2D eigenvalue weighted by atomic mass is 35.5. The first-order valence-corrected chi connectivity index (χ1v) is 8.67. The quantitative estimate of drug-likeness (QED) is 0.747. The van der Waals surface area contributed by atoms with E-state index in [1.54, 1.807) is 42.5 Å². The van der Waals surface area contributed by atoms with Crippen LogP contribution < -0.4 is 0 Å². The van der Waals surface area contributed by atoms with Crippen LogP contribution in [0, 0.1) is 6.92 Å². The fourth-order valence-corrected chi connectivity index (χ4v) is 3.57. The van der Waals surface area contributed by atoms with Gasteiger partial charge in [0.05, 0.1) is 4.90 Å². The van der Waals surface area contributed by atoms with Gasteiger partial charge in [0, 0.05) is 18.1 Å². The van der Waals surface area contributed by atoms with Crippen molar-refractivity contribution in [2.75, 3.05) is 6.54 Å². The fourth-order valence-electron chi connectivity index (χ4n) is 2.04. The minimum absolute atomic E-state index is 0.249. The van der Waals surface area contributed by atoms with Crippen molar-refractivity contribution in [3.05, 3.63) is 77.3 Å². The van der Waals surface area contributed by atoms with Crippen molar-refractivity contribution in [2.24, 2.45) is 0 Å². The van der Waals surface area contributed by atoms with Crippen LogP contribution in [0.1, 0.15) is 11.1 Å². The average Bonchev–Trinajstić information content (AvgIpc) is 2.49. The van der Waals surface area contributed by atoms with Gasteiger partial charge < -0.3 is 0 Å². The Balaban J connectivity index is 2.31. The fraction of sp³-hybridized carbons (Fsp3) is 0.176. The lowest BCUT2D eigenvalue weighted by atomic mass is 10.2. The maximum absolute atomic E-state index is 12.8. The number of sulfonamides is 1. The molecule has 0 unspecified atom stereocenters. The second kappa shape index (κ2) is 7.09. The smallest absolute Gasteiger partial charge is 0.207 e. The van der Waals surface area contributed by atoms with Crippen molar-refractivity contribution in [1.82, 2.24) is 4.31 Å². The second-order valence-electron chi connectivity index (χ2n) is 5.03. The number of hydrogen-bond donors (Lipinski definition) is 0. The summed E-state index contributed by atoms with van der Waals surface area (Å²) in [5.74, 6) is 0. The molecule has 0 amide bonds. The molecular formula is C17H18ClNO2S. The van der Waals surface area contributed by atoms with Crippen molar-refractivity contribution in [1.29, 1.82) is 0 Å². The zero-order valence-electron chi connectivity index (χ0n) is 12.4. The monoisotopic (exact) mass is 335 g/mol. The van der Waals surface area contributed by atoms with Crippen LogP contribution in [0.25, 0.3) is 0 Å². The molecule has 0 aliphatic heterocycles. The van der Waals surface area contributed by atoms with Crippen LogP contribution in [0.3, 0.4) is 0 Å². The first-order chi connectivity index (χ1) is 10.4. The predicted molar refractivity (Wildman–Crippen MR) is 90.4 cm³/mol. The van der Waals surface area contributed by atoms with Crippen LogP contribution in [0.15, 0.2) is 66.1 Å². The van der Waals surface area contributed by atoms with Crippen LogP contribution in [0.4, 0.5) is 0 Å². The molecule has 5 heteroatoms. The van der Waals surface area contributed by atoms with Crippen LogP contribution in [0.5, 0.6) is 0 Å². The van der Waals surface area contributed by atoms with Crippen molar-refractivity contribution in [3.8, 4) is 0 Å². The van der Waals surface area contributed by atoms with Gasteiger partial charge in [-0.15, -0.1) is 6.58 Å². The van der Waals surface area contributed by atoms with E-state index in [1.165, 1.54) is 4.31 Å². The van der Waals surface area contributed by atoms with E-state index in [4.69, 9.17) is 11.6 Å². The number of hydrogen-bond acceptors (Lipinski definition) is 2. The minimum Gasteiger partial charge on any atom is -0.207 e. The Labute approximate surface area is 136 Å². The van der Waals surface area contributed by atoms with Gasteiger partial charge in [0.1, 0.15) is 0 Å². The molecule has 2 aromatic rings. The zero-order valence-corrected chi connectivity index (χ0v) is 13.9. The van der Waals surface area contributed by atoms with Gasteiger partial charge in [-0.3, -0.25) is 0 Å². The highest BCUT2D eigenvalue weighted by Gasteiger charge is 2.23. The molecular weight excluding hydrogens is 318 g/mol. The molecule has 0 spiro atoms. The topological polar surface area (TPSA) is 37.4 Å². The van der Waals surface area contributed by atoms with Crippen molar-refractivity contribution < 1.29 is 8.42 Å². The highest BCUT2D eigenvalue weighted by Crippen LogP contribution is 2.20. The predicted octanol–water partition coefficient (Wildman–Crippen LogP) is 4.03. The largest absolute Gasteiger partial charge is 0.243 e. The lowest BCUT2D eigenvalue weighted by Crippen LogP contribution is -2.30. The third-order valence-corrected chi connectivity index (χ3v) is 5.34. The SMILES string of the molecule is C=CCN(Cc1ccc(Cl)cc1)S(=O)(=O)c1ccc(C)cc1. The molecule has 0 aromatic heterocycles. The maximum atomic E-state index is 12.8. The standard InChI is InChI=1S/C17H18ClNO2S/c1-3-12-19(13-15-6-8-16(18)9-7-15)22(20,21)17-10-4-14(2)5-11-17/h3-11H,1,12-13H2,2H3. The second-order valence-corrected chi connectivity index (χ2v) is 7.40. The van der Waals surface area contributed by atoms with Gasteiger partial charge in [-0.05, 0) is 36.8 Å². The average molecular weight is 336 g/mol. The third-order valence-electron chi connectivity index (χ3n) is 3.26. The van der Waals surface area contributed by atoms with E-state index in [0.717, 1.165) is 11.1 Å². The van der Waals surface area contributed by atoms with Crippen LogP contribution in [-0.4, -0.2) is 19.3 Å². The molecule has 0 atom stereocenters. The van der Waals surface area contributed by atoms with E-state index in [2.05, 4.69) is 6.58 Å². The summed E-state index contributed by atoms with van der Waals surface area (Å²) in [4.78, 5) is 0.286. The molecule has 116 valence electrons. The molecule has 2 rings (SSSR count). The maximum Gasteiger partial charge on any atom is 0.243 e. The summed E-state index contributed by atoms with van der Waals surface area (Å²) >= 11 is 5.86. The normalized spacial score (nSPS) is 11.6. The number of rotatable bonds is 6. The van der Waals surface area contributed by atoms with Gasteiger partial charge in [0.2, 0.25) is 10.0 Å². The molecule has 3 nitrogen and oxygen atoms in total. The van der Waals surface area contributed by atoms with Crippen LogP contribution >= 0.6 is 11.6 Å². The molecule has 0 fully saturated rings. The van der Waals surface area contributed by atoms with Gasteiger partial charge in [0.25, 0.3) is 0 Å². The summed E-state index contributed by atoms with van der Waals surface area (Å²) in [6.07, 6.45) is 1.58. The van der Waals surface area contributed by atoms with E-state index < -0.39 is 10.0 Å². The molecule has 0 saturated heterocycles.